The minimum Gasteiger partial charge on any atom is -0.406 e. The summed E-state index contributed by atoms with van der Waals surface area (Å²) in [4.78, 5) is 2.35. The van der Waals surface area contributed by atoms with Crippen molar-refractivity contribution in [3.05, 3.63) is 35.7 Å². The predicted octanol–water partition coefficient (Wildman–Crippen LogP) is 8.82. The first-order valence-corrected chi connectivity index (χ1v) is 16.1. The number of ether oxygens (including phenoxy) is 2. The number of halogens is 5. The average molecular weight is 597 g/mol. The van der Waals surface area contributed by atoms with Gasteiger partial charge in [-0.05, 0) is 129 Å². The molecular formula is C34H47F5NO2. The lowest BCUT2D eigenvalue weighted by atomic mass is 9.49. The molecule has 1 saturated heterocycles. The molecule has 0 bridgehead atoms. The van der Waals surface area contributed by atoms with E-state index >= 15 is 0 Å². The second-order valence-corrected chi connectivity index (χ2v) is 15.0. The highest BCUT2D eigenvalue weighted by Crippen LogP contribution is 2.70. The quantitative estimate of drug-likeness (QED) is 0.200. The van der Waals surface area contributed by atoms with Crippen LogP contribution in [0.1, 0.15) is 90.0 Å². The maximum atomic E-state index is 14.6. The minimum absolute atomic E-state index is 0.0384. The number of nitrogens with zero attached hydrogens (tertiary/aromatic N) is 1. The van der Waals surface area contributed by atoms with Crippen molar-refractivity contribution in [1.29, 1.82) is 0 Å². The highest BCUT2D eigenvalue weighted by Gasteiger charge is 2.64. The molecule has 0 aromatic heterocycles. The van der Waals surface area contributed by atoms with Crippen molar-refractivity contribution in [1.82, 2.24) is 4.90 Å². The van der Waals surface area contributed by atoms with E-state index in [0.29, 0.717) is 25.0 Å². The summed E-state index contributed by atoms with van der Waals surface area (Å²) in [7, 11) is 2.15. The monoisotopic (exact) mass is 596 g/mol. The largest absolute Gasteiger partial charge is 0.573 e. The third-order valence-electron chi connectivity index (χ3n) is 11.7. The number of likely N-dealkylation sites (tertiary alicyclic amines) is 1. The molecule has 235 valence electrons. The molecule has 42 heavy (non-hydrogen) atoms. The summed E-state index contributed by atoms with van der Waals surface area (Å²) in [5, 5.41) is 0. The first-order valence-electron chi connectivity index (χ1n) is 16.1. The SMILES string of the molecule is CCOCC1(C[C](C2CC(F)(F)C2)C(C(CC2CN(C)C2)C2(C)CCC2)C2(c3ccc(OC(F)(F)F)cc3)CC2)CC1. The van der Waals surface area contributed by atoms with Crippen LogP contribution in [0.4, 0.5) is 22.0 Å². The highest BCUT2D eigenvalue weighted by molar-refractivity contribution is 5.40. The van der Waals surface area contributed by atoms with Gasteiger partial charge in [-0.1, -0.05) is 25.5 Å². The third-order valence-corrected chi connectivity index (χ3v) is 11.7. The molecular weight excluding hydrogens is 549 g/mol. The van der Waals surface area contributed by atoms with Gasteiger partial charge in [0.25, 0.3) is 0 Å². The number of rotatable bonds is 14. The number of hydrogen-bond donors (Lipinski definition) is 0. The lowest BCUT2D eigenvalue weighted by Crippen LogP contribution is -2.53. The molecule has 1 aromatic rings. The third kappa shape index (κ3) is 6.23. The Morgan fingerprint density at radius 1 is 1.00 bits per heavy atom. The molecule has 8 heteroatoms. The normalized spacial score (nSPS) is 27.5. The van der Waals surface area contributed by atoms with Crippen LogP contribution in [0.25, 0.3) is 0 Å². The van der Waals surface area contributed by atoms with E-state index in [-0.39, 0.29) is 46.7 Å². The summed E-state index contributed by atoms with van der Waals surface area (Å²) in [5.74, 6) is -0.497. The summed E-state index contributed by atoms with van der Waals surface area (Å²) >= 11 is 0. The molecule has 2 unspecified atom stereocenters. The van der Waals surface area contributed by atoms with Gasteiger partial charge in [-0.15, -0.1) is 13.2 Å². The van der Waals surface area contributed by atoms with E-state index in [1.54, 1.807) is 0 Å². The Hall–Kier alpha value is -1.41. The van der Waals surface area contributed by atoms with E-state index in [1.807, 2.05) is 19.1 Å². The maximum Gasteiger partial charge on any atom is 0.573 e. The van der Waals surface area contributed by atoms with Crippen LogP contribution in [0.2, 0.25) is 0 Å². The van der Waals surface area contributed by atoms with Crippen molar-refractivity contribution in [2.24, 2.45) is 34.5 Å². The molecule has 1 aliphatic heterocycles. The highest BCUT2D eigenvalue weighted by atomic mass is 19.4. The van der Waals surface area contributed by atoms with Gasteiger partial charge in [0.2, 0.25) is 5.92 Å². The van der Waals surface area contributed by atoms with Gasteiger partial charge in [0.15, 0.2) is 0 Å². The molecule has 0 spiro atoms. The van der Waals surface area contributed by atoms with Crippen molar-refractivity contribution in [3.8, 4) is 5.75 Å². The van der Waals surface area contributed by atoms with Gasteiger partial charge < -0.3 is 14.4 Å². The fraction of sp³-hybridized carbons (Fsp3) is 0.794. The van der Waals surface area contributed by atoms with E-state index in [1.165, 1.54) is 24.5 Å². The topological polar surface area (TPSA) is 21.7 Å². The molecule has 1 aromatic carbocycles. The Morgan fingerprint density at radius 3 is 2.10 bits per heavy atom. The van der Waals surface area contributed by atoms with Gasteiger partial charge in [-0.25, -0.2) is 8.78 Å². The van der Waals surface area contributed by atoms with Gasteiger partial charge in [0, 0.05) is 32.5 Å². The fourth-order valence-electron chi connectivity index (χ4n) is 8.90. The Kier molecular flexibility index (Phi) is 7.93. The van der Waals surface area contributed by atoms with E-state index in [9.17, 15) is 22.0 Å². The molecule has 1 radical (unpaired) electrons. The smallest absolute Gasteiger partial charge is 0.406 e. The average Bonchev–Trinajstić information content (AvgIpc) is 3.79. The van der Waals surface area contributed by atoms with Crippen molar-refractivity contribution in [2.75, 3.05) is 33.4 Å². The second kappa shape index (κ2) is 10.9. The Labute approximate surface area is 247 Å². The number of alkyl halides is 5. The zero-order valence-electron chi connectivity index (χ0n) is 25.4. The first-order chi connectivity index (χ1) is 19.8. The molecule has 5 fully saturated rings. The van der Waals surface area contributed by atoms with Crippen molar-refractivity contribution >= 4 is 0 Å². The van der Waals surface area contributed by atoms with Gasteiger partial charge in [0.05, 0.1) is 6.61 Å². The van der Waals surface area contributed by atoms with Crippen molar-refractivity contribution in [2.45, 2.75) is 102 Å². The van der Waals surface area contributed by atoms with E-state index in [4.69, 9.17) is 4.74 Å². The number of hydrogen-bond acceptors (Lipinski definition) is 3. The Bertz CT molecular complexity index is 1080. The Morgan fingerprint density at radius 2 is 1.64 bits per heavy atom. The summed E-state index contributed by atoms with van der Waals surface area (Å²) < 4.78 is 78.1. The van der Waals surface area contributed by atoms with Crippen LogP contribution >= 0.6 is 0 Å². The van der Waals surface area contributed by atoms with Crippen molar-refractivity contribution < 1.29 is 31.4 Å². The molecule has 0 amide bonds. The zero-order valence-corrected chi connectivity index (χ0v) is 25.4. The van der Waals surface area contributed by atoms with Crippen LogP contribution in [-0.4, -0.2) is 50.5 Å². The molecule has 3 nitrogen and oxygen atoms in total. The van der Waals surface area contributed by atoms with Gasteiger partial charge in [-0.3, -0.25) is 0 Å². The molecule has 4 aliphatic carbocycles. The van der Waals surface area contributed by atoms with Gasteiger partial charge in [0.1, 0.15) is 5.75 Å². The summed E-state index contributed by atoms with van der Waals surface area (Å²) in [6, 6.07) is 6.52. The van der Waals surface area contributed by atoms with Crippen LogP contribution in [-0.2, 0) is 10.2 Å². The molecule has 1 heterocycles. The Balaban J connectivity index is 1.39. The van der Waals surface area contributed by atoms with Crippen molar-refractivity contribution in [3.63, 3.8) is 0 Å². The molecule has 2 atom stereocenters. The van der Waals surface area contributed by atoms with E-state index in [0.717, 1.165) is 70.0 Å². The first kappa shape index (κ1) is 30.6. The van der Waals surface area contributed by atoms with Crippen LogP contribution < -0.4 is 4.74 Å². The van der Waals surface area contributed by atoms with Gasteiger partial charge >= 0.3 is 6.36 Å². The van der Waals surface area contributed by atoms with Gasteiger partial charge in [-0.2, -0.15) is 0 Å². The molecule has 5 aliphatic rings. The summed E-state index contributed by atoms with van der Waals surface area (Å²) in [6.45, 7) is 7.89. The molecule has 4 saturated carbocycles. The van der Waals surface area contributed by atoms with Crippen LogP contribution in [0, 0.1) is 40.4 Å². The van der Waals surface area contributed by atoms with Crippen LogP contribution in [0.5, 0.6) is 5.75 Å². The molecule has 0 N–H and O–H groups in total. The van der Waals surface area contributed by atoms with E-state index < -0.39 is 12.3 Å². The maximum absolute atomic E-state index is 14.6. The minimum atomic E-state index is -4.74. The standard InChI is InChI=1S/C34H47F5NO2/c1-4-41-22-31(12-13-31)19-27(24-17-33(35,36)18-24)29(28(30(2)10-5-11-30)16-23-20-40(3)21-23)32(14-15-32)25-6-8-26(9-7-25)42-34(37,38)39/h6-9,23-24,28-29H,4-5,10-22H2,1-3H3. The lowest BCUT2D eigenvalue weighted by molar-refractivity contribution is -0.274. The van der Waals surface area contributed by atoms with Crippen LogP contribution in [0.15, 0.2) is 24.3 Å². The fourth-order valence-corrected chi connectivity index (χ4v) is 8.90. The lowest BCUT2D eigenvalue weighted by Gasteiger charge is -2.57. The number of benzene rings is 1. The van der Waals surface area contributed by atoms with E-state index in [2.05, 4.69) is 23.6 Å². The second-order valence-electron chi connectivity index (χ2n) is 15.0. The predicted molar refractivity (Wildman–Crippen MR) is 152 cm³/mol. The van der Waals surface area contributed by atoms with Crippen LogP contribution in [0.3, 0.4) is 0 Å². The summed E-state index contributed by atoms with van der Waals surface area (Å²) in [5.41, 5.74) is 1.01. The molecule has 6 rings (SSSR count). The zero-order chi connectivity index (χ0) is 30.0. The summed E-state index contributed by atoms with van der Waals surface area (Å²) in [6.07, 6.45) is 4.58.